The lowest BCUT2D eigenvalue weighted by Gasteiger charge is -2.10. The van der Waals surface area contributed by atoms with Gasteiger partial charge in [-0.1, -0.05) is 31.2 Å². The number of nitrogens with one attached hydrogen (secondary N) is 1. The molecule has 0 spiro atoms. The molecule has 3 rings (SSSR count). The van der Waals surface area contributed by atoms with Gasteiger partial charge in [0.05, 0.1) is 12.7 Å². The van der Waals surface area contributed by atoms with Crippen molar-refractivity contribution in [1.82, 2.24) is 15.1 Å². The molecule has 0 aliphatic heterocycles. The number of hydrogen-bond donors (Lipinski definition) is 1. The zero-order chi connectivity index (χ0) is 13.9. The zero-order valence-electron chi connectivity index (χ0n) is 12.4. The molecule has 0 saturated heterocycles. The first-order valence-corrected chi connectivity index (χ1v) is 7.59. The number of benzene rings is 1. The van der Waals surface area contributed by atoms with E-state index in [4.69, 9.17) is 0 Å². The van der Waals surface area contributed by atoms with Crippen LogP contribution < -0.4 is 5.32 Å². The highest BCUT2D eigenvalue weighted by Gasteiger charge is 2.21. The molecule has 20 heavy (non-hydrogen) atoms. The highest BCUT2D eigenvalue weighted by molar-refractivity contribution is 5.27. The maximum absolute atomic E-state index is 4.60. The summed E-state index contributed by atoms with van der Waals surface area (Å²) in [6, 6.07) is 9.30. The molecular formula is C17H23N3. The Hall–Kier alpha value is -1.61. The first kappa shape index (κ1) is 13.4. The lowest BCUT2D eigenvalue weighted by molar-refractivity contribution is 0.636. The first-order valence-electron chi connectivity index (χ1n) is 7.59. The Morgan fingerprint density at radius 3 is 2.75 bits per heavy atom. The van der Waals surface area contributed by atoms with E-state index < -0.39 is 0 Å². The van der Waals surface area contributed by atoms with E-state index in [9.17, 15) is 0 Å². The van der Waals surface area contributed by atoms with Gasteiger partial charge in [0.2, 0.25) is 0 Å². The molecule has 1 aromatic carbocycles. The largest absolute Gasteiger partial charge is 0.310 e. The zero-order valence-corrected chi connectivity index (χ0v) is 12.4. The second kappa shape index (κ2) is 5.80. The summed E-state index contributed by atoms with van der Waals surface area (Å²) in [7, 11) is 0. The van der Waals surface area contributed by atoms with Gasteiger partial charge in [-0.2, -0.15) is 5.10 Å². The molecule has 0 atom stereocenters. The van der Waals surface area contributed by atoms with E-state index in [0.29, 0.717) is 0 Å². The van der Waals surface area contributed by atoms with Crippen LogP contribution in [-0.4, -0.2) is 15.8 Å². The van der Waals surface area contributed by atoms with Gasteiger partial charge in [-0.05, 0) is 37.3 Å². The summed E-state index contributed by atoms with van der Waals surface area (Å²) >= 11 is 0. The van der Waals surface area contributed by atoms with Gasteiger partial charge in [0, 0.05) is 23.8 Å². The summed E-state index contributed by atoms with van der Waals surface area (Å²) in [5.74, 6) is 0. The standard InChI is InChI=1S/C17H23N3/c1-3-17-15(10-18-16-8-9-16)11-19-20(17)12-14-7-5-4-6-13(14)2/h4-7,11,16,18H,3,8-10,12H2,1-2H3. The first-order chi connectivity index (χ1) is 9.78. The Morgan fingerprint density at radius 1 is 1.25 bits per heavy atom. The van der Waals surface area contributed by atoms with Gasteiger partial charge in [-0.3, -0.25) is 4.68 Å². The average molecular weight is 269 g/mol. The predicted octanol–water partition coefficient (Wildman–Crippen LogP) is 3.05. The summed E-state index contributed by atoms with van der Waals surface area (Å²) in [5, 5.41) is 8.18. The minimum atomic E-state index is 0.749. The molecule has 1 heterocycles. The molecule has 0 radical (unpaired) electrons. The molecule has 1 saturated carbocycles. The van der Waals surface area contributed by atoms with Gasteiger partial charge >= 0.3 is 0 Å². The molecule has 1 aliphatic carbocycles. The van der Waals surface area contributed by atoms with Crippen LogP contribution in [0.3, 0.4) is 0 Å². The number of nitrogens with zero attached hydrogens (tertiary/aromatic N) is 2. The van der Waals surface area contributed by atoms with Crippen molar-refractivity contribution in [3.8, 4) is 0 Å². The van der Waals surface area contributed by atoms with Crippen LogP contribution in [0.4, 0.5) is 0 Å². The lowest BCUT2D eigenvalue weighted by atomic mass is 10.1. The lowest BCUT2D eigenvalue weighted by Crippen LogP contribution is -2.16. The van der Waals surface area contributed by atoms with Crippen LogP contribution in [0.2, 0.25) is 0 Å². The second-order valence-corrected chi connectivity index (χ2v) is 5.71. The average Bonchev–Trinajstić information content (AvgIpc) is 3.20. The van der Waals surface area contributed by atoms with E-state index in [2.05, 4.69) is 53.2 Å². The monoisotopic (exact) mass is 269 g/mol. The molecule has 3 heteroatoms. The third-order valence-electron chi connectivity index (χ3n) is 4.11. The number of rotatable bonds is 6. The van der Waals surface area contributed by atoms with Crippen LogP contribution in [0, 0.1) is 6.92 Å². The highest BCUT2D eigenvalue weighted by atomic mass is 15.3. The Labute approximate surface area is 121 Å². The van der Waals surface area contributed by atoms with Crippen LogP contribution in [0.15, 0.2) is 30.5 Å². The van der Waals surface area contributed by atoms with E-state index in [0.717, 1.165) is 25.6 Å². The van der Waals surface area contributed by atoms with Gasteiger partial charge in [0.15, 0.2) is 0 Å². The van der Waals surface area contributed by atoms with Crippen LogP contribution in [0.5, 0.6) is 0 Å². The van der Waals surface area contributed by atoms with Crippen molar-refractivity contribution in [3.63, 3.8) is 0 Å². The summed E-state index contributed by atoms with van der Waals surface area (Å²) in [6.07, 6.45) is 5.73. The Morgan fingerprint density at radius 2 is 2.05 bits per heavy atom. The molecule has 2 aromatic rings. The van der Waals surface area contributed by atoms with Crippen molar-refractivity contribution in [2.24, 2.45) is 0 Å². The summed E-state index contributed by atoms with van der Waals surface area (Å²) in [6.45, 7) is 6.22. The number of aromatic nitrogens is 2. The minimum Gasteiger partial charge on any atom is -0.310 e. The van der Waals surface area contributed by atoms with Crippen LogP contribution in [0.25, 0.3) is 0 Å². The van der Waals surface area contributed by atoms with E-state index in [-0.39, 0.29) is 0 Å². The Bertz CT molecular complexity index is 582. The van der Waals surface area contributed by atoms with E-state index in [1.54, 1.807) is 0 Å². The van der Waals surface area contributed by atoms with Gasteiger partial charge < -0.3 is 5.32 Å². The van der Waals surface area contributed by atoms with Crippen LogP contribution >= 0.6 is 0 Å². The molecule has 1 aromatic heterocycles. The molecule has 1 aliphatic rings. The Kier molecular flexibility index (Phi) is 3.88. The van der Waals surface area contributed by atoms with Crippen molar-refractivity contribution in [2.45, 2.75) is 52.2 Å². The molecule has 0 bridgehead atoms. The summed E-state index contributed by atoms with van der Waals surface area (Å²) in [4.78, 5) is 0. The van der Waals surface area contributed by atoms with Crippen molar-refractivity contribution in [2.75, 3.05) is 0 Å². The third kappa shape index (κ3) is 2.93. The molecule has 1 fully saturated rings. The fourth-order valence-electron chi connectivity index (χ4n) is 2.63. The van der Waals surface area contributed by atoms with Crippen molar-refractivity contribution >= 4 is 0 Å². The molecule has 106 valence electrons. The van der Waals surface area contributed by atoms with E-state index >= 15 is 0 Å². The Balaban J connectivity index is 1.76. The van der Waals surface area contributed by atoms with Gasteiger partial charge in [0.25, 0.3) is 0 Å². The highest BCUT2D eigenvalue weighted by Crippen LogP contribution is 2.20. The fraction of sp³-hybridized carbons (Fsp3) is 0.471. The molecule has 0 unspecified atom stereocenters. The maximum Gasteiger partial charge on any atom is 0.0665 e. The SMILES string of the molecule is CCc1c(CNC2CC2)cnn1Cc1ccccc1C. The minimum absolute atomic E-state index is 0.749. The quantitative estimate of drug-likeness (QED) is 0.873. The smallest absolute Gasteiger partial charge is 0.0665 e. The van der Waals surface area contributed by atoms with Gasteiger partial charge in [-0.25, -0.2) is 0 Å². The molecule has 1 N–H and O–H groups in total. The molecule has 3 nitrogen and oxygen atoms in total. The second-order valence-electron chi connectivity index (χ2n) is 5.71. The number of aryl methyl sites for hydroxylation is 1. The predicted molar refractivity (Wildman–Crippen MR) is 81.7 cm³/mol. The summed E-state index contributed by atoms with van der Waals surface area (Å²) < 4.78 is 2.16. The van der Waals surface area contributed by atoms with Crippen molar-refractivity contribution in [3.05, 3.63) is 52.8 Å². The van der Waals surface area contributed by atoms with Crippen molar-refractivity contribution < 1.29 is 0 Å². The van der Waals surface area contributed by atoms with Gasteiger partial charge in [0.1, 0.15) is 0 Å². The van der Waals surface area contributed by atoms with Crippen molar-refractivity contribution in [1.29, 1.82) is 0 Å². The number of hydrogen-bond acceptors (Lipinski definition) is 2. The molecule has 0 amide bonds. The topological polar surface area (TPSA) is 29.9 Å². The van der Waals surface area contributed by atoms with Crippen LogP contribution in [0.1, 0.15) is 42.1 Å². The maximum atomic E-state index is 4.60. The van der Waals surface area contributed by atoms with Crippen LogP contribution in [-0.2, 0) is 19.5 Å². The fourth-order valence-corrected chi connectivity index (χ4v) is 2.63. The third-order valence-corrected chi connectivity index (χ3v) is 4.11. The normalized spacial score (nSPS) is 14.7. The van der Waals surface area contributed by atoms with E-state index in [1.807, 2.05) is 6.20 Å². The van der Waals surface area contributed by atoms with Gasteiger partial charge in [-0.15, -0.1) is 0 Å². The summed E-state index contributed by atoms with van der Waals surface area (Å²) in [5.41, 5.74) is 5.41. The van der Waals surface area contributed by atoms with E-state index in [1.165, 1.54) is 35.2 Å². The molecular weight excluding hydrogens is 246 g/mol.